The van der Waals surface area contributed by atoms with Crippen LogP contribution in [0.1, 0.15) is 51.4 Å². The second kappa shape index (κ2) is 5.90. The van der Waals surface area contributed by atoms with Gasteiger partial charge in [0.2, 0.25) is 0 Å². The highest BCUT2D eigenvalue weighted by molar-refractivity contribution is 8.00. The van der Waals surface area contributed by atoms with E-state index >= 15 is 0 Å². The zero-order valence-corrected chi connectivity index (χ0v) is 10.8. The Morgan fingerprint density at radius 3 is 2.56 bits per heavy atom. The van der Waals surface area contributed by atoms with Crippen LogP contribution in [0.3, 0.4) is 0 Å². The first kappa shape index (κ1) is 12.2. The number of ketones is 1. The molecule has 0 aliphatic carbocycles. The highest BCUT2D eigenvalue weighted by Gasteiger charge is 2.37. The lowest BCUT2D eigenvalue weighted by Gasteiger charge is -2.26. The predicted octanol–water partition coefficient (Wildman–Crippen LogP) is 3.98. The van der Waals surface area contributed by atoms with Crippen LogP contribution in [0.4, 0.5) is 0 Å². The first-order valence-electron chi connectivity index (χ1n) is 6.58. The largest absolute Gasteiger partial charge is 0.299 e. The van der Waals surface area contributed by atoms with E-state index in [9.17, 15) is 4.79 Å². The minimum atomic E-state index is 0.405. The normalized spacial score (nSPS) is 32.6. The zero-order chi connectivity index (χ0) is 11.4. The summed E-state index contributed by atoms with van der Waals surface area (Å²) >= 11 is 2.14. The van der Waals surface area contributed by atoms with Gasteiger partial charge in [-0.25, -0.2) is 0 Å². The monoisotopic (exact) mass is 238 g/mol. The fourth-order valence-corrected chi connectivity index (χ4v) is 4.69. The molecule has 0 spiro atoms. The van der Waals surface area contributed by atoms with Gasteiger partial charge in [0.05, 0.1) is 0 Å². The maximum absolute atomic E-state index is 12.0. The molecule has 0 aromatic rings. The molecular formula is C14H22OS. The lowest BCUT2D eigenvalue weighted by molar-refractivity contribution is -0.123. The Morgan fingerprint density at radius 1 is 1.25 bits per heavy atom. The molecular weight excluding hydrogens is 216 g/mol. The Kier molecular flexibility index (Phi) is 4.51. The summed E-state index contributed by atoms with van der Waals surface area (Å²) in [4.78, 5) is 12.0. The number of fused-ring (bicyclic) bond motifs is 2. The van der Waals surface area contributed by atoms with Crippen LogP contribution in [0.15, 0.2) is 12.7 Å². The van der Waals surface area contributed by atoms with E-state index in [1.807, 2.05) is 6.08 Å². The number of hydrogen-bond donors (Lipinski definition) is 0. The van der Waals surface area contributed by atoms with Crippen LogP contribution in [0.5, 0.6) is 0 Å². The summed E-state index contributed by atoms with van der Waals surface area (Å²) in [5.41, 5.74) is 0. The van der Waals surface area contributed by atoms with E-state index in [-0.39, 0.29) is 0 Å². The molecule has 2 atom stereocenters. The van der Waals surface area contributed by atoms with Gasteiger partial charge in [-0.05, 0) is 44.9 Å². The molecule has 1 nitrogen and oxygen atoms in total. The Balaban J connectivity index is 1.71. The summed E-state index contributed by atoms with van der Waals surface area (Å²) in [5, 5.41) is 1.61. The number of allylic oxidation sites excluding steroid dienone is 1. The number of unbranched alkanes of at least 4 members (excludes halogenated alkanes) is 2. The molecule has 2 heterocycles. The van der Waals surface area contributed by atoms with E-state index in [4.69, 9.17) is 0 Å². The third kappa shape index (κ3) is 3.13. The SMILES string of the molecule is C=CCCCCC(=O)C1CC2CCC(C1)S2. The first-order chi connectivity index (χ1) is 7.79. The van der Waals surface area contributed by atoms with Crippen LogP contribution in [-0.4, -0.2) is 16.3 Å². The summed E-state index contributed by atoms with van der Waals surface area (Å²) in [7, 11) is 0. The number of rotatable bonds is 6. The fraction of sp³-hybridized carbons (Fsp3) is 0.786. The quantitative estimate of drug-likeness (QED) is 0.514. The summed E-state index contributed by atoms with van der Waals surface area (Å²) < 4.78 is 0. The first-order valence-corrected chi connectivity index (χ1v) is 7.53. The summed E-state index contributed by atoms with van der Waals surface area (Å²) in [6.07, 6.45) is 11.0. The number of Topliss-reactive ketones (excluding diaryl/α,β-unsaturated/α-hetero) is 1. The van der Waals surface area contributed by atoms with E-state index in [0.717, 1.165) is 36.2 Å². The van der Waals surface area contributed by atoms with Crippen molar-refractivity contribution in [1.29, 1.82) is 0 Å². The van der Waals surface area contributed by atoms with Crippen molar-refractivity contribution in [1.82, 2.24) is 0 Å². The van der Waals surface area contributed by atoms with Gasteiger partial charge in [0.15, 0.2) is 0 Å². The number of carbonyl (C=O) groups excluding carboxylic acids is 1. The minimum absolute atomic E-state index is 0.405. The Hall–Kier alpha value is -0.240. The highest BCUT2D eigenvalue weighted by atomic mass is 32.2. The van der Waals surface area contributed by atoms with Crippen LogP contribution in [0.2, 0.25) is 0 Å². The average Bonchev–Trinajstić information content (AvgIpc) is 2.63. The van der Waals surface area contributed by atoms with Crippen molar-refractivity contribution in [2.45, 2.75) is 61.9 Å². The van der Waals surface area contributed by atoms with Gasteiger partial charge in [0, 0.05) is 22.8 Å². The number of hydrogen-bond acceptors (Lipinski definition) is 2. The van der Waals surface area contributed by atoms with Gasteiger partial charge < -0.3 is 0 Å². The smallest absolute Gasteiger partial charge is 0.136 e. The van der Waals surface area contributed by atoms with Crippen LogP contribution in [-0.2, 0) is 4.79 Å². The minimum Gasteiger partial charge on any atom is -0.299 e. The Morgan fingerprint density at radius 2 is 1.94 bits per heavy atom. The molecule has 2 aliphatic heterocycles. The maximum Gasteiger partial charge on any atom is 0.136 e. The molecule has 0 N–H and O–H groups in total. The molecule has 0 radical (unpaired) electrons. The molecule has 16 heavy (non-hydrogen) atoms. The van der Waals surface area contributed by atoms with E-state index < -0.39 is 0 Å². The van der Waals surface area contributed by atoms with Crippen molar-refractivity contribution in [2.75, 3.05) is 0 Å². The van der Waals surface area contributed by atoms with Gasteiger partial charge in [-0.2, -0.15) is 11.8 Å². The summed E-state index contributed by atoms with van der Waals surface area (Å²) in [6, 6.07) is 0. The third-order valence-corrected chi connectivity index (χ3v) is 5.45. The van der Waals surface area contributed by atoms with Gasteiger partial charge >= 0.3 is 0 Å². The van der Waals surface area contributed by atoms with E-state index in [1.165, 1.54) is 25.7 Å². The molecule has 0 amide bonds. The third-order valence-electron chi connectivity index (χ3n) is 3.83. The van der Waals surface area contributed by atoms with Crippen molar-refractivity contribution in [2.24, 2.45) is 5.92 Å². The molecule has 2 bridgehead atoms. The van der Waals surface area contributed by atoms with Gasteiger partial charge in [-0.1, -0.05) is 6.08 Å². The van der Waals surface area contributed by atoms with Gasteiger partial charge in [0.1, 0.15) is 5.78 Å². The van der Waals surface area contributed by atoms with Crippen molar-refractivity contribution in [3.05, 3.63) is 12.7 Å². The molecule has 0 saturated carbocycles. The lowest BCUT2D eigenvalue weighted by Crippen LogP contribution is -2.24. The molecule has 2 saturated heterocycles. The summed E-state index contributed by atoms with van der Waals surface area (Å²) in [5.74, 6) is 0.948. The van der Waals surface area contributed by atoms with Crippen LogP contribution in [0.25, 0.3) is 0 Å². The molecule has 90 valence electrons. The molecule has 0 aromatic carbocycles. The molecule has 2 heteroatoms. The standard InChI is InChI=1S/C14H22OS/c1-2-3-4-5-6-14(15)11-9-12-7-8-13(10-11)16-12/h2,11-13H,1,3-10H2. The number of thioether (sulfide) groups is 1. The second-order valence-corrected chi connectivity index (χ2v) is 6.73. The lowest BCUT2D eigenvalue weighted by atomic mass is 9.91. The van der Waals surface area contributed by atoms with Crippen molar-refractivity contribution < 1.29 is 4.79 Å². The Bertz CT molecular complexity index is 249. The van der Waals surface area contributed by atoms with Crippen molar-refractivity contribution >= 4 is 17.5 Å². The van der Waals surface area contributed by atoms with Crippen LogP contribution in [0, 0.1) is 5.92 Å². The molecule has 0 aromatic heterocycles. The van der Waals surface area contributed by atoms with Gasteiger partial charge in [0.25, 0.3) is 0 Å². The Labute approximate surface area is 103 Å². The molecule has 2 rings (SSSR count). The van der Waals surface area contributed by atoms with Crippen molar-refractivity contribution in [3.8, 4) is 0 Å². The van der Waals surface area contributed by atoms with Crippen molar-refractivity contribution in [3.63, 3.8) is 0 Å². The molecule has 2 unspecified atom stereocenters. The van der Waals surface area contributed by atoms with Gasteiger partial charge in [-0.15, -0.1) is 6.58 Å². The summed E-state index contributed by atoms with van der Waals surface area (Å²) in [6.45, 7) is 3.71. The van der Waals surface area contributed by atoms with Gasteiger partial charge in [-0.3, -0.25) is 4.79 Å². The molecule has 2 aliphatic rings. The average molecular weight is 238 g/mol. The zero-order valence-electron chi connectivity index (χ0n) is 9.99. The predicted molar refractivity (Wildman–Crippen MR) is 70.8 cm³/mol. The topological polar surface area (TPSA) is 17.1 Å². The van der Waals surface area contributed by atoms with Crippen LogP contribution < -0.4 is 0 Å². The fourth-order valence-electron chi connectivity index (χ4n) is 2.91. The highest BCUT2D eigenvalue weighted by Crippen LogP contribution is 2.46. The number of carbonyl (C=O) groups is 1. The maximum atomic E-state index is 12.0. The second-order valence-electron chi connectivity index (χ2n) is 5.13. The molecule has 2 fully saturated rings. The van der Waals surface area contributed by atoms with E-state index in [1.54, 1.807) is 0 Å². The van der Waals surface area contributed by atoms with E-state index in [0.29, 0.717) is 11.7 Å². The van der Waals surface area contributed by atoms with Crippen LogP contribution >= 0.6 is 11.8 Å². The van der Waals surface area contributed by atoms with E-state index in [2.05, 4.69) is 18.3 Å².